The zero-order valence-corrected chi connectivity index (χ0v) is 15.6. The molecule has 0 aliphatic rings. The number of nitrogens with zero attached hydrogens (tertiary/aromatic N) is 1. The van der Waals surface area contributed by atoms with Crippen LogP contribution in [0.15, 0.2) is 48.5 Å². The van der Waals surface area contributed by atoms with Crippen LogP contribution in [0.4, 0.5) is 11.4 Å². The predicted octanol–water partition coefficient (Wildman–Crippen LogP) is 3.14. The molecule has 0 heterocycles. The minimum atomic E-state index is -3.38. The summed E-state index contributed by atoms with van der Waals surface area (Å²) in [6, 6.07) is 13.3. The smallest absolute Gasteiger partial charge is 0.265 e. The minimum Gasteiger partial charge on any atom is -0.481 e. The van der Waals surface area contributed by atoms with Crippen molar-refractivity contribution in [2.45, 2.75) is 13.0 Å². The average Bonchev–Trinajstić information content (AvgIpc) is 2.53. The molecule has 1 amide bonds. The van der Waals surface area contributed by atoms with Crippen LogP contribution in [-0.2, 0) is 14.8 Å². The van der Waals surface area contributed by atoms with Crippen LogP contribution in [0.25, 0.3) is 0 Å². The Morgan fingerprint density at radius 1 is 1.20 bits per heavy atom. The summed E-state index contributed by atoms with van der Waals surface area (Å²) >= 11 is 5.89. The number of amides is 1. The first-order chi connectivity index (χ1) is 11.7. The second kappa shape index (κ2) is 7.76. The van der Waals surface area contributed by atoms with Crippen molar-refractivity contribution < 1.29 is 17.9 Å². The Kier molecular flexibility index (Phi) is 5.92. The van der Waals surface area contributed by atoms with E-state index in [1.807, 2.05) is 0 Å². The molecule has 2 aromatic rings. The van der Waals surface area contributed by atoms with Crippen molar-refractivity contribution >= 4 is 38.9 Å². The quantitative estimate of drug-likeness (QED) is 0.832. The summed E-state index contributed by atoms with van der Waals surface area (Å²) < 4.78 is 29.9. The maximum atomic E-state index is 12.3. The van der Waals surface area contributed by atoms with Crippen molar-refractivity contribution in [1.29, 1.82) is 0 Å². The van der Waals surface area contributed by atoms with Crippen molar-refractivity contribution in [3.63, 3.8) is 0 Å². The number of benzene rings is 2. The molecule has 0 aromatic heterocycles. The molecule has 134 valence electrons. The van der Waals surface area contributed by atoms with Crippen LogP contribution in [-0.4, -0.2) is 33.7 Å². The van der Waals surface area contributed by atoms with Crippen molar-refractivity contribution in [2.75, 3.05) is 22.9 Å². The van der Waals surface area contributed by atoms with Crippen molar-refractivity contribution in [3.8, 4) is 5.75 Å². The Balaban J connectivity index is 2.07. The highest BCUT2D eigenvalue weighted by molar-refractivity contribution is 7.92. The van der Waals surface area contributed by atoms with Crippen LogP contribution in [0.2, 0.25) is 5.02 Å². The molecule has 25 heavy (non-hydrogen) atoms. The number of anilines is 2. The molecule has 0 spiro atoms. The van der Waals surface area contributed by atoms with Crippen molar-refractivity contribution in [2.24, 2.45) is 0 Å². The van der Waals surface area contributed by atoms with Crippen LogP contribution in [0, 0.1) is 0 Å². The Morgan fingerprint density at radius 2 is 1.88 bits per heavy atom. The molecule has 6 nitrogen and oxygen atoms in total. The van der Waals surface area contributed by atoms with E-state index < -0.39 is 16.1 Å². The number of nitrogens with one attached hydrogen (secondary N) is 1. The average molecular weight is 383 g/mol. The molecule has 8 heteroatoms. The maximum Gasteiger partial charge on any atom is 0.265 e. The Hall–Kier alpha value is -2.25. The SMILES string of the molecule is CC(Oc1cccc(Cl)c1)C(=O)Nc1cccc(N(C)S(C)(=O)=O)c1. The van der Waals surface area contributed by atoms with Gasteiger partial charge in [-0.15, -0.1) is 0 Å². The van der Waals surface area contributed by atoms with Crippen LogP contribution in [0.5, 0.6) is 5.75 Å². The molecule has 0 saturated heterocycles. The number of carbonyl (C=O) groups is 1. The zero-order chi connectivity index (χ0) is 18.6. The largest absolute Gasteiger partial charge is 0.481 e. The van der Waals surface area contributed by atoms with Gasteiger partial charge in [-0.25, -0.2) is 8.42 Å². The van der Waals surface area contributed by atoms with Gasteiger partial charge in [0.05, 0.1) is 11.9 Å². The number of ether oxygens (including phenoxy) is 1. The van der Waals surface area contributed by atoms with Crippen LogP contribution in [0.3, 0.4) is 0 Å². The molecule has 0 aliphatic carbocycles. The summed E-state index contributed by atoms with van der Waals surface area (Å²) in [5.74, 6) is 0.125. The molecule has 2 rings (SSSR count). The monoisotopic (exact) mass is 382 g/mol. The van der Waals surface area contributed by atoms with Gasteiger partial charge in [0.25, 0.3) is 5.91 Å². The standard InChI is InChI=1S/C17H19ClN2O4S/c1-12(24-16-9-4-6-13(18)10-16)17(21)19-14-7-5-8-15(11-14)20(2)25(3,22)23/h4-12H,1-3H3,(H,19,21). The minimum absolute atomic E-state index is 0.362. The molecule has 1 N–H and O–H groups in total. The third kappa shape index (κ3) is 5.37. The lowest BCUT2D eigenvalue weighted by Crippen LogP contribution is -2.30. The molecule has 0 fully saturated rings. The van der Waals surface area contributed by atoms with Crippen molar-refractivity contribution in [3.05, 3.63) is 53.6 Å². The van der Waals surface area contributed by atoms with E-state index in [0.717, 1.165) is 10.6 Å². The maximum absolute atomic E-state index is 12.3. The van der Waals surface area contributed by atoms with E-state index in [1.165, 1.54) is 7.05 Å². The van der Waals surface area contributed by atoms with Gasteiger partial charge in [0.2, 0.25) is 10.0 Å². The molecular weight excluding hydrogens is 364 g/mol. The first kappa shape index (κ1) is 19.1. The third-order valence-corrected chi connectivity index (χ3v) is 4.89. The lowest BCUT2D eigenvalue weighted by atomic mass is 10.2. The fourth-order valence-electron chi connectivity index (χ4n) is 2.01. The Labute approximate surface area is 152 Å². The van der Waals surface area contributed by atoms with Gasteiger partial charge >= 0.3 is 0 Å². The van der Waals surface area contributed by atoms with E-state index >= 15 is 0 Å². The van der Waals surface area contributed by atoms with Gasteiger partial charge in [-0.1, -0.05) is 23.7 Å². The molecule has 1 atom stereocenters. The molecule has 0 bridgehead atoms. The fraction of sp³-hybridized carbons (Fsp3) is 0.235. The predicted molar refractivity (Wildman–Crippen MR) is 99.9 cm³/mol. The summed E-state index contributed by atoms with van der Waals surface area (Å²) in [6.07, 6.45) is 0.355. The Bertz CT molecular complexity index is 870. The highest BCUT2D eigenvalue weighted by Gasteiger charge is 2.17. The first-order valence-corrected chi connectivity index (χ1v) is 9.66. The van der Waals surface area contributed by atoms with Gasteiger partial charge in [0.1, 0.15) is 5.75 Å². The van der Waals surface area contributed by atoms with E-state index in [9.17, 15) is 13.2 Å². The van der Waals surface area contributed by atoms with Gasteiger partial charge < -0.3 is 10.1 Å². The van der Waals surface area contributed by atoms with Crippen LogP contribution in [0.1, 0.15) is 6.92 Å². The summed E-state index contributed by atoms with van der Waals surface area (Å²) in [5, 5.41) is 3.22. The molecule has 0 aliphatic heterocycles. The second-order valence-electron chi connectivity index (χ2n) is 5.49. The second-order valence-corrected chi connectivity index (χ2v) is 7.94. The fourth-order valence-corrected chi connectivity index (χ4v) is 2.69. The summed E-state index contributed by atoms with van der Waals surface area (Å²) in [7, 11) is -1.93. The number of sulfonamides is 1. The summed E-state index contributed by atoms with van der Waals surface area (Å²) in [6.45, 7) is 1.61. The van der Waals surface area contributed by atoms with Crippen molar-refractivity contribution in [1.82, 2.24) is 0 Å². The molecule has 0 radical (unpaired) electrons. The molecular formula is C17H19ClN2O4S. The van der Waals surface area contributed by atoms with E-state index in [-0.39, 0.29) is 5.91 Å². The van der Waals surface area contributed by atoms with E-state index in [2.05, 4.69) is 5.32 Å². The number of carbonyl (C=O) groups excluding carboxylic acids is 1. The van der Waals surface area contributed by atoms with Gasteiger partial charge in [-0.05, 0) is 43.3 Å². The summed E-state index contributed by atoms with van der Waals surface area (Å²) in [5.41, 5.74) is 0.920. The molecule has 1 unspecified atom stereocenters. The van der Waals surface area contributed by atoms with Gasteiger partial charge in [0, 0.05) is 17.8 Å². The zero-order valence-electron chi connectivity index (χ0n) is 14.1. The number of halogens is 1. The number of hydrogen-bond acceptors (Lipinski definition) is 4. The van der Waals surface area contributed by atoms with Gasteiger partial charge in [0.15, 0.2) is 6.10 Å². The first-order valence-electron chi connectivity index (χ1n) is 7.44. The highest BCUT2D eigenvalue weighted by atomic mass is 35.5. The van der Waals surface area contributed by atoms with Crippen LogP contribution < -0.4 is 14.4 Å². The molecule has 0 saturated carbocycles. The lowest BCUT2D eigenvalue weighted by Gasteiger charge is -2.18. The topological polar surface area (TPSA) is 75.7 Å². The highest BCUT2D eigenvalue weighted by Crippen LogP contribution is 2.21. The number of hydrogen-bond donors (Lipinski definition) is 1. The van der Waals surface area contributed by atoms with Gasteiger partial charge in [-0.2, -0.15) is 0 Å². The Morgan fingerprint density at radius 3 is 2.52 bits per heavy atom. The molecule has 2 aromatic carbocycles. The third-order valence-electron chi connectivity index (χ3n) is 3.45. The van der Waals surface area contributed by atoms with E-state index in [4.69, 9.17) is 16.3 Å². The van der Waals surface area contributed by atoms with Crippen LogP contribution >= 0.6 is 11.6 Å². The van der Waals surface area contributed by atoms with Gasteiger partial charge in [-0.3, -0.25) is 9.10 Å². The summed E-state index contributed by atoms with van der Waals surface area (Å²) in [4.78, 5) is 12.3. The van der Waals surface area contributed by atoms with E-state index in [0.29, 0.717) is 22.1 Å². The number of rotatable bonds is 6. The van der Waals surface area contributed by atoms with E-state index in [1.54, 1.807) is 55.5 Å². The normalized spacial score (nSPS) is 12.3. The lowest BCUT2D eigenvalue weighted by molar-refractivity contribution is -0.122.